The van der Waals surface area contributed by atoms with E-state index < -0.39 is 0 Å². The van der Waals surface area contributed by atoms with Gasteiger partial charge in [0, 0.05) is 17.0 Å². The van der Waals surface area contributed by atoms with Gasteiger partial charge in [-0.25, -0.2) is 0 Å². The van der Waals surface area contributed by atoms with Gasteiger partial charge in [-0.15, -0.1) is 11.3 Å². The number of rotatable bonds is 2. The van der Waals surface area contributed by atoms with Crippen LogP contribution >= 0.6 is 22.9 Å². The smallest absolute Gasteiger partial charge is 0.0934 e. The van der Waals surface area contributed by atoms with Crippen molar-refractivity contribution in [2.45, 2.75) is 64.0 Å². The Morgan fingerprint density at radius 2 is 2.06 bits per heavy atom. The van der Waals surface area contributed by atoms with Crippen molar-refractivity contribution in [1.29, 1.82) is 0 Å². The quantitative estimate of drug-likeness (QED) is 0.810. The SMILES string of the molecule is CC1CCCCC1NC1CCCc2sc(Cl)cc21. The highest BCUT2D eigenvalue weighted by molar-refractivity contribution is 7.16. The molecule has 2 aliphatic carbocycles. The Balaban J connectivity index is 1.73. The van der Waals surface area contributed by atoms with Crippen LogP contribution in [-0.4, -0.2) is 6.04 Å². The molecule has 0 saturated heterocycles. The fourth-order valence-corrected chi connectivity index (χ4v) is 4.90. The lowest BCUT2D eigenvalue weighted by Gasteiger charge is -2.35. The topological polar surface area (TPSA) is 12.0 Å². The zero-order chi connectivity index (χ0) is 12.5. The highest BCUT2D eigenvalue weighted by Crippen LogP contribution is 2.39. The normalized spacial score (nSPS) is 32.2. The van der Waals surface area contributed by atoms with E-state index >= 15 is 0 Å². The van der Waals surface area contributed by atoms with E-state index in [-0.39, 0.29) is 0 Å². The van der Waals surface area contributed by atoms with Gasteiger partial charge in [0.25, 0.3) is 0 Å². The van der Waals surface area contributed by atoms with Crippen molar-refractivity contribution in [2.75, 3.05) is 0 Å². The summed E-state index contributed by atoms with van der Waals surface area (Å²) in [6.45, 7) is 2.40. The van der Waals surface area contributed by atoms with Crippen molar-refractivity contribution in [2.24, 2.45) is 5.92 Å². The zero-order valence-electron chi connectivity index (χ0n) is 11.0. The summed E-state index contributed by atoms with van der Waals surface area (Å²) >= 11 is 7.96. The Kier molecular flexibility index (Phi) is 3.97. The first kappa shape index (κ1) is 13.0. The number of thiophene rings is 1. The van der Waals surface area contributed by atoms with Gasteiger partial charge < -0.3 is 5.32 Å². The fourth-order valence-electron chi connectivity index (χ4n) is 3.52. The molecule has 0 aliphatic heterocycles. The van der Waals surface area contributed by atoms with Crippen molar-refractivity contribution in [3.05, 3.63) is 20.8 Å². The molecule has 1 saturated carbocycles. The number of nitrogens with one attached hydrogen (secondary N) is 1. The van der Waals surface area contributed by atoms with Gasteiger partial charge >= 0.3 is 0 Å². The van der Waals surface area contributed by atoms with Gasteiger partial charge in [0.05, 0.1) is 4.34 Å². The Labute approximate surface area is 119 Å². The summed E-state index contributed by atoms with van der Waals surface area (Å²) in [5.74, 6) is 0.832. The molecule has 1 N–H and O–H groups in total. The van der Waals surface area contributed by atoms with Crippen molar-refractivity contribution in [3.8, 4) is 0 Å². The highest BCUT2D eigenvalue weighted by Gasteiger charge is 2.28. The van der Waals surface area contributed by atoms with Crippen LogP contribution in [0.5, 0.6) is 0 Å². The average Bonchev–Trinajstić information content (AvgIpc) is 2.73. The largest absolute Gasteiger partial charge is 0.307 e. The number of hydrogen-bond donors (Lipinski definition) is 1. The summed E-state index contributed by atoms with van der Waals surface area (Å²) < 4.78 is 0.963. The number of hydrogen-bond acceptors (Lipinski definition) is 2. The summed E-state index contributed by atoms with van der Waals surface area (Å²) in [4.78, 5) is 1.52. The molecule has 1 heterocycles. The van der Waals surface area contributed by atoms with Gasteiger partial charge in [-0.1, -0.05) is 31.4 Å². The molecule has 3 heteroatoms. The Morgan fingerprint density at radius 3 is 2.89 bits per heavy atom. The number of fused-ring (bicyclic) bond motifs is 1. The Morgan fingerprint density at radius 1 is 1.22 bits per heavy atom. The summed E-state index contributed by atoms with van der Waals surface area (Å²) in [5.41, 5.74) is 1.49. The lowest BCUT2D eigenvalue weighted by Crippen LogP contribution is -2.40. The van der Waals surface area contributed by atoms with Crippen molar-refractivity contribution in [1.82, 2.24) is 5.32 Å². The molecule has 3 unspecified atom stereocenters. The van der Waals surface area contributed by atoms with Crippen molar-refractivity contribution < 1.29 is 0 Å². The maximum Gasteiger partial charge on any atom is 0.0934 e. The predicted octanol–water partition coefficient (Wildman–Crippen LogP) is 4.95. The van der Waals surface area contributed by atoms with Gasteiger partial charge in [-0.3, -0.25) is 0 Å². The van der Waals surface area contributed by atoms with E-state index in [1.807, 2.05) is 0 Å². The lowest BCUT2D eigenvalue weighted by molar-refractivity contribution is 0.250. The van der Waals surface area contributed by atoms with Gasteiger partial charge in [-0.2, -0.15) is 0 Å². The van der Waals surface area contributed by atoms with E-state index in [1.165, 1.54) is 55.4 Å². The van der Waals surface area contributed by atoms with E-state index in [1.54, 1.807) is 11.3 Å². The summed E-state index contributed by atoms with van der Waals surface area (Å²) in [7, 11) is 0. The van der Waals surface area contributed by atoms with Gasteiger partial charge in [0.1, 0.15) is 0 Å². The lowest BCUT2D eigenvalue weighted by atomic mass is 9.84. The third-order valence-electron chi connectivity index (χ3n) is 4.61. The zero-order valence-corrected chi connectivity index (χ0v) is 12.6. The second kappa shape index (κ2) is 5.52. The van der Waals surface area contributed by atoms with Crippen molar-refractivity contribution >= 4 is 22.9 Å². The Hall–Kier alpha value is -0.0500. The Bertz CT molecular complexity index is 415. The van der Waals surface area contributed by atoms with Crippen LogP contribution in [0.3, 0.4) is 0 Å². The molecular weight excluding hydrogens is 262 g/mol. The molecule has 100 valence electrons. The summed E-state index contributed by atoms with van der Waals surface area (Å²) in [5, 5.41) is 3.93. The first-order chi connectivity index (χ1) is 8.74. The van der Waals surface area contributed by atoms with Gasteiger partial charge in [0.2, 0.25) is 0 Å². The predicted molar refractivity (Wildman–Crippen MR) is 79.6 cm³/mol. The second-order valence-corrected chi connectivity index (χ2v) is 7.68. The van der Waals surface area contributed by atoms with Gasteiger partial charge in [-0.05, 0) is 49.7 Å². The molecule has 0 aromatic carbocycles. The molecule has 2 aliphatic rings. The maximum absolute atomic E-state index is 6.18. The standard InChI is InChI=1S/C15H22ClNS/c1-10-5-2-3-6-12(10)17-13-7-4-8-14-11(13)9-15(16)18-14/h9-10,12-13,17H,2-8H2,1H3. The molecule has 0 radical (unpaired) electrons. The van der Waals surface area contributed by atoms with E-state index in [9.17, 15) is 0 Å². The minimum absolute atomic E-state index is 0.558. The third kappa shape index (κ3) is 2.61. The molecule has 0 bridgehead atoms. The van der Waals surface area contributed by atoms with E-state index in [0.717, 1.165) is 10.3 Å². The average molecular weight is 284 g/mol. The highest BCUT2D eigenvalue weighted by atomic mass is 35.5. The van der Waals surface area contributed by atoms with E-state index in [4.69, 9.17) is 11.6 Å². The second-order valence-electron chi connectivity index (χ2n) is 5.91. The van der Waals surface area contributed by atoms with Crippen LogP contribution in [0.1, 0.15) is 61.9 Å². The minimum Gasteiger partial charge on any atom is -0.307 e. The molecule has 1 fully saturated rings. The monoisotopic (exact) mass is 283 g/mol. The molecule has 18 heavy (non-hydrogen) atoms. The summed E-state index contributed by atoms with van der Waals surface area (Å²) in [6.07, 6.45) is 9.37. The van der Waals surface area contributed by atoms with Crippen LogP contribution < -0.4 is 5.32 Å². The van der Waals surface area contributed by atoms with Crippen LogP contribution in [0.2, 0.25) is 4.34 Å². The number of halogens is 1. The van der Waals surface area contributed by atoms with Crippen LogP contribution in [0.15, 0.2) is 6.07 Å². The van der Waals surface area contributed by atoms with Crippen molar-refractivity contribution in [3.63, 3.8) is 0 Å². The minimum atomic E-state index is 0.558. The molecule has 0 spiro atoms. The van der Waals surface area contributed by atoms with Crippen LogP contribution in [0.4, 0.5) is 0 Å². The molecule has 1 nitrogen and oxygen atoms in total. The molecule has 1 aromatic rings. The molecule has 3 atom stereocenters. The molecule has 3 rings (SSSR count). The fraction of sp³-hybridized carbons (Fsp3) is 0.733. The van der Waals surface area contributed by atoms with Crippen LogP contribution in [0.25, 0.3) is 0 Å². The van der Waals surface area contributed by atoms with E-state index in [2.05, 4.69) is 18.3 Å². The summed E-state index contributed by atoms with van der Waals surface area (Å²) in [6, 6.07) is 3.47. The molecule has 0 amide bonds. The molecule has 1 aromatic heterocycles. The van der Waals surface area contributed by atoms with Crippen LogP contribution in [0, 0.1) is 5.92 Å². The van der Waals surface area contributed by atoms with Crippen LogP contribution in [-0.2, 0) is 6.42 Å². The first-order valence-corrected chi connectivity index (χ1v) is 8.47. The number of aryl methyl sites for hydroxylation is 1. The third-order valence-corrected chi connectivity index (χ3v) is 5.95. The first-order valence-electron chi connectivity index (χ1n) is 7.28. The maximum atomic E-state index is 6.18. The molecular formula is C15H22ClNS. The van der Waals surface area contributed by atoms with E-state index in [0.29, 0.717) is 12.1 Å². The van der Waals surface area contributed by atoms with Gasteiger partial charge in [0.15, 0.2) is 0 Å².